The van der Waals surface area contributed by atoms with Crippen molar-refractivity contribution < 1.29 is 4.74 Å². The lowest BCUT2D eigenvalue weighted by Crippen LogP contribution is -1.92. The molecule has 0 spiro atoms. The molecule has 3 nitrogen and oxygen atoms in total. The fourth-order valence-electron chi connectivity index (χ4n) is 1.45. The fraction of sp³-hybridized carbons (Fsp3) is 0.0769. The number of benzene rings is 2. The second-order valence-corrected chi connectivity index (χ2v) is 3.75. The summed E-state index contributed by atoms with van der Waals surface area (Å²) in [6.07, 6.45) is 0. The van der Waals surface area contributed by atoms with E-state index in [4.69, 9.17) is 16.2 Å². The van der Waals surface area contributed by atoms with Crippen LogP contribution in [0.3, 0.4) is 0 Å². The molecule has 0 atom stereocenters. The van der Waals surface area contributed by atoms with Gasteiger partial charge in [0, 0.05) is 23.5 Å². The van der Waals surface area contributed by atoms with E-state index in [0.29, 0.717) is 17.1 Å². The fourth-order valence-corrected chi connectivity index (χ4v) is 1.45. The van der Waals surface area contributed by atoms with Gasteiger partial charge in [0.15, 0.2) is 0 Å². The van der Waals surface area contributed by atoms with Crippen LogP contribution in [0.25, 0.3) is 0 Å². The Labute approximate surface area is 94.6 Å². The molecule has 0 bridgehead atoms. The monoisotopic (exact) mass is 214 g/mol. The van der Waals surface area contributed by atoms with Gasteiger partial charge >= 0.3 is 0 Å². The molecule has 0 saturated heterocycles. The topological polar surface area (TPSA) is 61.3 Å². The zero-order valence-electron chi connectivity index (χ0n) is 9.10. The van der Waals surface area contributed by atoms with Crippen molar-refractivity contribution in [3.63, 3.8) is 0 Å². The number of rotatable bonds is 2. The first-order valence-electron chi connectivity index (χ1n) is 5.04. The van der Waals surface area contributed by atoms with E-state index in [-0.39, 0.29) is 0 Å². The third kappa shape index (κ3) is 2.45. The van der Waals surface area contributed by atoms with Gasteiger partial charge in [-0.1, -0.05) is 17.7 Å². The van der Waals surface area contributed by atoms with Gasteiger partial charge in [0.2, 0.25) is 0 Å². The molecular weight excluding hydrogens is 200 g/mol. The maximum Gasteiger partial charge on any atom is 0.131 e. The summed E-state index contributed by atoms with van der Waals surface area (Å²) < 4.78 is 5.64. The maximum atomic E-state index is 5.68. The highest BCUT2D eigenvalue weighted by molar-refractivity contribution is 5.57. The average Bonchev–Trinajstić information content (AvgIpc) is 2.20. The first-order chi connectivity index (χ1) is 7.63. The van der Waals surface area contributed by atoms with Crippen LogP contribution in [0.2, 0.25) is 0 Å². The molecule has 82 valence electrons. The van der Waals surface area contributed by atoms with Gasteiger partial charge in [0.05, 0.1) is 0 Å². The molecule has 16 heavy (non-hydrogen) atoms. The number of aryl methyl sites for hydroxylation is 1. The molecule has 2 aromatic carbocycles. The third-order valence-electron chi connectivity index (χ3n) is 2.21. The molecular formula is C13H14N2O. The number of hydrogen-bond donors (Lipinski definition) is 2. The van der Waals surface area contributed by atoms with Crippen molar-refractivity contribution in [1.82, 2.24) is 0 Å². The highest BCUT2D eigenvalue weighted by Gasteiger charge is 1.99. The zero-order chi connectivity index (χ0) is 11.5. The minimum absolute atomic E-state index is 0.599. The van der Waals surface area contributed by atoms with Gasteiger partial charge in [0.1, 0.15) is 11.5 Å². The smallest absolute Gasteiger partial charge is 0.131 e. The van der Waals surface area contributed by atoms with Gasteiger partial charge in [-0.3, -0.25) is 0 Å². The summed E-state index contributed by atoms with van der Waals surface area (Å²) in [4.78, 5) is 0. The van der Waals surface area contributed by atoms with Gasteiger partial charge < -0.3 is 16.2 Å². The zero-order valence-corrected chi connectivity index (χ0v) is 9.10. The highest BCUT2D eigenvalue weighted by atomic mass is 16.5. The summed E-state index contributed by atoms with van der Waals surface area (Å²) in [5, 5.41) is 0. The van der Waals surface area contributed by atoms with Crippen molar-refractivity contribution >= 4 is 11.4 Å². The van der Waals surface area contributed by atoms with E-state index in [1.54, 1.807) is 18.2 Å². The predicted octanol–water partition coefficient (Wildman–Crippen LogP) is 2.95. The lowest BCUT2D eigenvalue weighted by atomic mass is 10.2. The Bertz CT molecular complexity index is 472. The van der Waals surface area contributed by atoms with E-state index in [1.165, 1.54) is 5.56 Å². The first kappa shape index (κ1) is 10.4. The molecule has 0 aromatic heterocycles. The van der Waals surface area contributed by atoms with Gasteiger partial charge in [-0.25, -0.2) is 0 Å². The van der Waals surface area contributed by atoms with Crippen molar-refractivity contribution in [2.45, 2.75) is 6.92 Å². The van der Waals surface area contributed by atoms with E-state index < -0.39 is 0 Å². The van der Waals surface area contributed by atoms with Crippen LogP contribution in [-0.2, 0) is 0 Å². The molecule has 0 amide bonds. The van der Waals surface area contributed by atoms with Crippen molar-refractivity contribution in [2.24, 2.45) is 0 Å². The Kier molecular flexibility index (Phi) is 2.68. The van der Waals surface area contributed by atoms with Gasteiger partial charge in [-0.15, -0.1) is 0 Å². The van der Waals surface area contributed by atoms with Crippen molar-refractivity contribution in [3.8, 4) is 11.5 Å². The van der Waals surface area contributed by atoms with Crippen molar-refractivity contribution in [2.75, 3.05) is 11.5 Å². The van der Waals surface area contributed by atoms with E-state index in [2.05, 4.69) is 0 Å². The second kappa shape index (κ2) is 4.14. The number of nitrogen functional groups attached to an aromatic ring is 2. The molecule has 2 rings (SSSR count). The van der Waals surface area contributed by atoms with Crippen LogP contribution in [0.15, 0.2) is 42.5 Å². The number of ether oxygens (including phenoxy) is 1. The molecule has 3 heteroatoms. The van der Waals surface area contributed by atoms with E-state index in [1.807, 2.05) is 31.2 Å². The summed E-state index contributed by atoms with van der Waals surface area (Å²) in [6.45, 7) is 2.03. The highest BCUT2D eigenvalue weighted by Crippen LogP contribution is 2.26. The number of hydrogen-bond acceptors (Lipinski definition) is 3. The lowest BCUT2D eigenvalue weighted by molar-refractivity contribution is 0.483. The van der Waals surface area contributed by atoms with Crippen molar-refractivity contribution in [3.05, 3.63) is 48.0 Å². The van der Waals surface area contributed by atoms with Crippen LogP contribution >= 0.6 is 0 Å². The number of anilines is 2. The molecule has 0 fully saturated rings. The Hall–Kier alpha value is -2.16. The SMILES string of the molecule is Cc1ccc(Oc2cc(N)cc(N)c2)cc1. The first-order valence-corrected chi connectivity index (χ1v) is 5.04. The van der Waals surface area contributed by atoms with Gasteiger partial charge in [0.25, 0.3) is 0 Å². The quantitative estimate of drug-likeness (QED) is 0.755. The number of nitrogens with two attached hydrogens (primary N) is 2. The largest absolute Gasteiger partial charge is 0.457 e. The van der Waals surface area contributed by atoms with Gasteiger partial charge in [-0.2, -0.15) is 0 Å². The Balaban J connectivity index is 2.23. The van der Waals surface area contributed by atoms with Crippen LogP contribution in [-0.4, -0.2) is 0 Å². The van der Waals surface area contributed by atoms with E-state index in [0.717, 1.165) is 5.75 Å². The third-order valence-corrected chi connectivity index (χ3v) is 2.21. The normalized spacial score (nSPS) is 10.1. The molecule has 0 saturated carbocycles. The summed E-state index contributed by atoms with van der Waals surface area (Å²) in [5.41, 5.74) is 13.7. The van der Waals surface area contributed by atoms with E-state index in [9.17, 15) is 0 Å². The Morgan fingerprint density at radius 2 is 1.38 bits per heavy atom. The average molecular weight is 214 g/mol. The summed E-state index contributed by atoms with van der Waals surface area (Å²) in [7, 11) is 0. The minimum Gasteiger partial charge on any atom is -0.457 e. The van der Waals surface area contributed by atoms with Gasteiger partial charge in [-0.05, 0) is 25.1 Å². The lowest BCUT2D eigenvalue weighted by Gasteiger charge is -2.07. The summed E-state index contributed by atoms with van der Waals surface area (Å²) in [6, 6.07) is 13.0. The van der Waals surface area contributed by atoms with Crippen LogP contribution in [0.1, 0.15) is 5.56 Å². The molecule has 4 N–H and O–H groups in total. The Morgan fingerprint density at radius 1 is 0.812 bits per heavy atom. The van der Waals surface area contributed by atoms with Crippen molar-refractivity contribution in [1.29, 1.82) is 0 Å². The van der Waals surface area contributed by atoms with Crippen LogP contribution in [0, 0.1) is 6.92 Å². The maximum absolute atomic E-state index is 5.68. The Morgan fingerprint density at radius 3 is 1.94 bits per heavy atom. The van der Waals surface area contributed by atoms with E-state index >= 15 is 0 Å². The summed E-state index contributed by atoms with van der Waals surface area (Å²) >= 11 is 0. The molecule has 0 aliphatic carbocycles. The summed E-state index contributed by atoms with van der Waals surface area (Å²) in [5.74, 6) is 1.43. The molecule has 0 heterocycles. The van der Waals surface area contributed by atoms with Crippen LogP contribution in [0.5, 0.6) is 11.5 Å². The molecule has 0 unspecified atom stereocenters. The molecule has 0 radical (unpaired) electrons. The minimum atomic E-state index is 0.599. The molecule has 0 aliphatic heterocycles. The second-order valence-electron chi connectivity index (χ2n) is 3.75. The molecule has 2 aromatic rings. The standard InChI is InChI=1S/C13H14N2O/c1-9-2-4-12(5-3-9)16-13-7-10(14)6-11(15)8-13/h2-8H,14-15H2,1H3. The van der Waals surface area contributed by atoms with Crippen LogP contribution in [0.4, 0.5) is 11.4 Å². The predicted molar refractivity (Wildman–Crippen MR) is 66.5 cm³/mol. The molecule has 0 aliphatic rings. The van der Waals surface area contributed by atoms with Crippen LogP contribution < -0.4 is 16.2 Å².